The van der Waals surface area contributed by atoms with Crippen molar-refractivity contribution in [2.24, 2.45) is 0 Å². The number of carbonyl (C=O) groups is 3. The van der Waals surface area contributed by atoms with E-state index >= 15 is 0 Å². The minimum absolute atomic E-state index is 0.00873. The maximum absolute atomic E-state index is 12.3. The lowest BCUT2D eigenvalue weighted by Crippen LogP contribution is -2.28. The number of anilines is 1. The van der Waals surface area contributed by atoms with Gasteiger partial charge in [0.25, 0.3) is 5.24 Å². The fourth-order valence-electron chi connectivity index (χ4n) is 2.74. The molecule has 1 aliphatic heterocycles. The van der Waals surface area contributed by atoms with E-state index in [1.807, 2.05) is 36.4 Å². The first-order valence-electron chi connectivity index (χ1n) is 8.86. The fourth-order valence-corrected chi connectivity index (χ4v) is 4.03. The molecule has 1 fully saturated rings. The molecule has 2 amide bonds. The molecule has 0 saturated carbocycles. The van der Waals surface area contributed by atoms with Gasteiger partial charge < -0.3 is 15.2 Å². The zero-order valence-electron chi connectivity index (χ0n) is 15.3. The molecule has 8 heteroatoms. The lowest BCUT2D eigenvalue weighted by molar-refractivity contribution is -0.255. The molecule has 0 atom stereocenters. The summed E-state index contributed by atoms with van der Waals surface area (Å²) >= 11 is 6.50. The predicted molar refractivity (Wildman–Crippen MR) is 115 cm³/mol. The Morgan fingerprint density at radius 2 is 1.90 bits per heavy atom. The van der Waals surface area contributed by atoms with Gasteiger partial charge >= 0.3 is 0 Å². The number of amides is 2. The van der Waals surface area contributed by atoms with E-state index < -0.39 is 5.97 Å². The number of hydrogen-bond donors (Lipinski definition) is 1. The van der Waals surface area contributed by atoms with Gasteiger partial charge in [0.2, 0.25) is 5.91 Å². The summed E-state index contributed by atoms with van der Waals surface area (Å²) in [6.07, 6.45) is 2.48. The summed E-state index contributed by atoms with van der Waals surface area (Å²) < 4.78 is 0. The Kier molecular flexibility index (Phi) is 6.79. The van der Waals surface area contributed by atoms with Crippen molar-refractivity contribution in [3.8, 4) is 0 Å². The van der Waals surface area contributed by atoms with E-state index in [0.29, 0.717) is 23.6 Å². The highest BCUT2D eigenvalue weighted by Crippen LogP contribution is 2.33. The number of rotatable bonds is 7. The molecule has 0 unspecified atom stereocenters. The first-order chi connectivity index (χ1) is 13.9. The summed E-state index contributed by atoms with van der Waals surface area (Å²) in [5, 5.41) is 13.4. The number of carboxylic acid groups (broad SMARTS) is 1. The molecule has 148 valence electrons. The standard InChI is InChI=1S/C21H18N2O4S2/c24-18(22-16-9-4-8-15(13-16)20(25)26)10-5-11-23-19(28)17(29-21(23)27)12-14-6-2-1-3-7-14/h1-4,6-9,12-13H,5,10-11H2,(H,22,24)(H,25,26)/p-1/b17-12+. The van der Waals surface area contributed by atoms with Crippen molar-refractivity contribution in [2.45, 2.75) is 12.8 Å². The van der Waals surface area contributed by atoms with Gasteiger partial charge in [-0.25, -0.2) is 0 Å². The van der Waals surface area contributed by atoms with Gasteiger partial charge in [0, 0.05) is 18.7 Å². The molecule has 1 N–H and O–H groups in total. The molecule has 0 radical (unpaired) electrons. The zero-order valence-corrected chi connectivity index (χ0v) is 16.9. The molecule has 0 spiro atoms. The van der Waals surface area contributed by atoms with Crippen LogP contribution in [0.5, 0.6) is 0 Å². The van der Waals surface area contributed by atoms with Crippen LogP contribution in [0.3, 0.4) is 0 Å². The monoisotopic (exact) mass is 425 g/mol. The smallest absolute Gasteiger partial charge is 0.291 e. The third kappa shape index (κ3) is 5.52. The number of aromatic carboxylic acids is 1. The average molecular weight is 426 g/mol. The van der Waals surface area contributed by atoms with Crippen molar-refractivity contribution in [2.75, 3.05) is 11.9 Å². The van der Waals surface area contributed by atoms with Crippen LogP contribution in [0.4, 0.5) is 10.5 Å². The normalized spacial score (nSPS) is 15.0. The molecule has 3 rings (SSSR count). The first kappa shape index (κ1) is 20.8. The minimum Gasteiger partial charge on any atom is -0.545 e. The van der Waals surface area contributed by atoms with Crippen molar-refractivity contribution < 1.29 is 19.5 Å². The van der Waals surface area contributed by atoms with Crippen molar-refractivity contribution in [3.63, 3.8) is 0 Å². The fraction of sp³-hybridized carbons (Fsp3) is 0.143. The molecule has 0 aliphatic carbocycles. The number of hydrogen-bond acceptors (Lipinski definition) is 6. The van der Waals surface area contributed by atoms with Crippen LogP contribution >= 0.6 is 24.0 Å². The predicted octanol–water partition coefficient (Wildman–Crippen LogP) is 3.31. The number of carboxylic acids is 1. The van der Waals surface area contributed by atoms with Gasteiger partial charge in [-0.3, -0.25) is 14.5 Å². The SMILES string of the molecule is O=C(CCCN1C(=O)S/C(=C/c2ccccc2)C1=S)Nc1cccc(C(=O)[O-])c1. The largest absolute Gasteiger partial charge is 0.545 e. The topological polar surface area (TPSA) is 89.5 Å². The van der Waals surface area contributed by atoms with Crippen molar-refractivity contribution in [3.05, 3.63) is 70.6 Å². The number of nitrogens with one attached hydrogen (secondary N) is 1. The molecule has 1 aliphatic rings. The minimum atomic E-state index is -1.31. The molecular formula is C21H17N2O4S2-. The maximum atomic E-state index is 12.3. The number of carbonyl (C=O) groups excluding carboxylic acids is 3. The number of nitrogens with zero attached hydrogens (tertiary/aromatic N) is 1. The van der Waals surface area contributed by atoms with E-state index in [-0.39, 0.29) is 23.1 Å². The van der Waals surface area contributed by atoms with E-state index in [1.165, 1.54) is 23.1 Å². The number of thiocarbonyl (C=S) groups is 1. The lowest BCUT2D eigenvalue weighted by atomic mass is 10.2. The van der Waals surface area contributed by atoms with Crippen molar-refractivity contribution in [1.82, 2.24) is 4.90 Å². The molecule has 1 saturated heterocycles. The quantitative estimate of drug-likeness (QED) is 0.541. The molecule has 6 nitrogen and oxygen atoms in total. The van der Waals surface area contributed by atoms with E-state index in [1.54, 1.807) is 6.07 Å². The molecule has 0 aromatic heterocycles. The third-order valence-corrected chi connectivity index (χ3v) is 5.63. The van der Waals surface area contributed by atoms with Crippen LogP contribution in [-0.2, 0) is 4.79 Å². The summed E-state index contributed by atoms with van der Waals surface area (Å²) in [6, 6.07) is 15.5. The molecular weight excluding hydrogens is 408 g/mol. The van der Waals surface area contributed by atoms with Gasteiger partial charge in [0.15, 0.2) is 0 Å². The summed E-state index contributed by atoms with van der Waals surface area (Å²) in [5.41, 5.74) is 1.34. The number of benzene rings is 2. The van der Waals surface area contributed by atoms with E-state index in [2.05, 4.69) is 5.32 Å². The van der Waals surface area contributed by atoms with Crippen LogP contribution in [-0.4, -0.2) is 33.5 Å². The zero-order chi connectivity index (χ0) is 20.8. The maximum Gasteiger partial charge on any atom is 0.291 e. The molecule has 2 aromatic carbocycles. The first-order valence-corrected chi connectivity index (χ1v) is 10.1. The van der Waals surface area contributed by atoms with E-state index in [9.17, 15) is 19.5 Å². The lowest BCUT2D eigenvalue weighted by Gasteiger charge is -2.14. The van der Waals surface area contributed by atoms with Crippen molar-refractivity contribution in [1.29, 1.82) is 0 Å². The Hall–Kier alpha value is -2.97. The van der Waals surface area contributed by atoms with Crippen LogP contribution < -0.4 is 10.4 Å². The van der Waals surface area contributed by atoms with Crippen LogP contribution in [0.15, 0.2) is 59.5 Å². The van der Waals surface area contributed by atoms with Gasteiger partial charge in [-0.1, -0.05) is 54.7 Å². The second kappa shape index (κ2) is 9.49. The highest BCUT2D eigenvalue weighted by molar-refractivity contribution is 8.19. The van der Waals surface area contributed by atoms with Crippen LogP contribution in [0.1, 0.15) is 28.8 Å². The average Bonchev–Trinajstić information content (AvgIpc) is 2.96. The Balaban J connectivity index is 1.52. The molecule has 1 heterocycles. The Labute approximate surface area is 177 Å². The molecule has 0 bridgehead atoms. The highest BCUT2D eigenvalue weighted by Gasteiger charge is 2.31. The molecule has 2 aromatic rings. The Bertz CT molecular complexity index is 989. The van der Waals surface area contributed by atoms with Crippen molar-refractivity contribution >= 4 is 57.8 Å². The van der Waals surface area contributed by atoms with E-state index in [4.69, 9.17) is 12.2 Å². The van der Waals surface area contributed by atoms with Crippen LogP contribution in [0, 0.1) is 0 Å². The van der Waals surface area contributed by atoms with Gasteiger partial charge in [-0.2, -0.15) is 0 Å². The third-order valence-electron chi connectivity index (χ3n) is 4.14. The number of thioether (sulfide) groups is 1. The van der Waals surface area contributed by atoms with Crippen LogP contribution in [0.2, 0.25) is 0 Å². The second-order valence-electron chi connectivity index (χ2n) is 6.26. The summed E-state index contributed by atoms with van der Waals surface area (Å²) in [6.45, 7) is 0.337. The van der Waals surface area contributed by atoms with Gasteiger partial charge in [-0.05, 0) is 47.5 Å². The summed E-state index contributed by atoms with van der Waals surface area (Å²) in [7, 11) is 0. The summed E-state index contributed by atoms with van der Waals surface area (Å²) in [5.74, 6) is -1.58. The summed E-state index contributed by atoms with van der Waals surface area (Å²) in [4.78, 5) is 37.9. The van der Waals surface area contributed by atoms with E-state index in [0.717, 1.165) is 22.2 Å². The Morgan fingerprint density at radius 1 is 1.14 bits per heavy atom. The second-order valence-corrected chi connectivity index (χ2v) is 7.64. The highest BCUT2D eigenvalue weighted by atomic mass is 32.2. The van der Waals surface area contributed by atoms with Crippen LogP contribution in [0.25, 0.3) is 6.08 Å². The van der Waals surface area contributed by atoms with Gasteiger partial charge in [0.05, 0.1) is 10.9 Å². The molecule has 29 heavy (non-hydrogen) atoms. The van der Waals surface area contributed by atoms with Gasteiger partial charge in [0.1, 0.15) is 4.99 Å². The van der Waals surface area contributed by atoms with Gasteiger partial charge in [-0.15, -0.1) is 0 Å². The Morgan fingerprint density at radius 3 is 2.62 bits per heavy atom.